The van der Waals surface area contributed by atoms with Crippen molar-refractivity contribution in [3.8, 4) is 5.75 Å². The van der Waals surface area contributed by atoms with Gasteiger partial charge in [0, 0.05) is 30.3 Å². The number of sulfonamides is 1. The van der Waals surface area contributed by atoms with Crippen LogP contribution in [-0.2, 0) is 27.8 Å². The van der Waals surface area contributed by atoms with Gasteiger partial charge < -0.3 is 4.74 Å². The molecule has 0 radical (unpaired) electrons. The zero-order chi connectivity index (χ0) is 21.5. The molecule has 3 heterocycles. The maximum atomic E-state index is 12.7. The molecule has 9 heteroatoms. The summed E-state index contributed by atoms with van der Waals surface area (Å²) in [5.74, 6) is 1.96. The lowest BCUT2D eigenvalue weighted by atomic mass is 9.98. The first-order chi connectivity index (χ1) is 14.3. The van der Waals surface area contributed by atoms with E-state index in [1.807, 2.05) is 31.2 Å². The number of aryl methyl sites for hydroxylation is 1. The molecule has 1 saturated heterocycles. The molecule has 2 aromatic rings. The van der Waals surface area contributed by atoms with E-state index in [0.29, 0.717) is 31.3 Å². The van der Waals surface area contributed by atoms with Gasteiger partial charge >= 0.3 is 0 Å². The fourth-order valence-corrected chi connectivity index (χ4v) is 5.02. The number of piperidine rings is 1. The summed E-state index contributed by atoms with van der Waals surface area (Å²) in [6, 6.07) is 7.61. The number of carbonyl (C=O) groups is 1. The number of nitrogens with zero attached hydrogens (tertiary/aromatic N) is 4. The monoisotopic (exact) mass is 430 g/mol. The zero-order valence-corrected chi connectivity index (χ0v) is 18.3. The number of anilines is 1. The number of benzene rings is 1. The second kappa shape index (κ2) is 7.96. The Kier molecular flexibility index (Phi) is 5.50. The lowest BCUT2D eigenvalue weighted by Crippen LogP contribution is -2.39. The predicted octanol–water partition coefficient (Wildman–Crippen LogP) is 2.02. The summed E-state index contributed by atoms with van der Waals surface area (Å²) in [6.07, 6.45) is 3.12. The number of fused-ring (bicyclic) bond motifs is 1. The highest BCUT2D eigenvalue weighted by Crippen LogP contribution is 2.34. The van der Waals surface area contributed by atoms with Crippen LogP contribution >= 0.6 is 0 Å². The number of carbonyl (C=O) groups excluding carboxylic acids is 1. The van der Waals surface area contributed by atoms with Crippen LogP contribution in [0.3, 0.4) is 0 Å². The summed E-state index contributed by atoms with van der Waals surface area (Å²) < 4.78 is 30.7. The summed E-state index contributed by atoms with van der Waals surface area (Å²) in [6.45, 7) is 3.22. The molecule has 8 nitrogen and oxygen atoms in total. The molecule has 0 spiro atoms. The highest BCUT2D eigenvalue weighted by atomic mass is 32.2. The molecular weight excluding hydrogens is 404 g/mol. The standard InChI is InChI=1S/C21H26N4O4S/c1-14-18-11-19(26)25(12-15-6-8-17(29-2)9-7-15)21(18)23-20(22-14)16-5-4-10-24(13-16)30(3,27)28/h6-9,16H,4-5,10-13H2,1-3H3/t16-/m1/s1. The van der Waals surface area contributed by atoms with Gasteiger partial charge in [-0.3, -0.25) is 9.69 Å². The van der Waals surface area contributed by atoms with Crippen LogP contribution in [0.1, 0.15) is 41.4 Å². The lowest BCUT2D eigenvalue weighted by molar-refractivity contribution is -0.117. The van der Waals surface area contributed by atoms with Gasteiger partial charge in [0.15, 0.2) is 0 Å². The second-order valence-corrected chi connectivity index (χ2v) is 9.92. The Morgan fingerprint density at radius 3 is 2.60 bits per heavy atom. The van der Waals surface area contributed by atoms with Crippen molar-refractivity contribution < 1.29 is 17.9 Å². The highest BCUT2D eigenvalue weighted by molar-refractivity contribution is 7.88. The molecule has 30 heavy (non-hydrogen) atoms. The van der Waals surface area contributed by atoms with Gasteiger partial charge in [-0.15, -0.1) is 0 Å². The number of hydrogen-bond donors (Lipinski definition) is 0. The van der Waals surface area contributed by atoms with Crippen molar-refractivity contribution in [1.29, 1.82) is 0 Å². The van der Waals surface area contributed by atoms with Crippen LogP contribution in [0.25, 0.3) is 0 Å². The van der Waals surface area contributed by atoms with Crippen molar-refractivity contribution in [1.82, 2.24) is 14.3 Å². The van der Waals surface area contributed by atoms with E-state index in [4.69, 9.17) is 9.72 Å². The number of hydrogen-bond acceptors (Lipinski definition) is 6. The Hall–Kier alpha value is -2.52. The smallest absolute Gasteiger partial charge is 0.233 e. The van der Waals surface area contributed by atoms with Crippen LogP contribution in [0.15, 0.2) is 24.3 Å². The third-order valence-electron chi connectivity index (χ3n) is 5.81. The topological polar surface area (TPSA) is 92.7 Å². The van der Waals surface area contributed by atoms with Gasteiger partial charge in [-0.2, -0.15) is 0 Å². The van der Waals surface area contributed by atoms with Gasteiger partial charge in [-0.25, -0.2) is 22.7 Å². The molecule has 4 rings (SSSR count). The molecule has 2 aliphatic heterocycles. The van der Waals surface area contributed by atoms with E-state index in [2.05, 4.69) is 4.98 Å². The SMILES string of the molecule is COc1ccc(CN2C(=O)Cc3c(C)nc([C@@H]4CCCN(S(C)(=O)=O)C4)nc32)cc1. The van der Waals surface area contributed by atoms with Crippen LogP contribution in [0.4, 0.5) is 5.82 Å². The molecule has 1 amide bonds. The Labute approximate surface area is 176 Å². The predicted molar refractivity (Wildman–Crippen MR) is 113 cm³/mol. The first-order valence-corrected chi connectivity index (χ1v) is 11.9. The first-order valence-electron chi connectivity index (χ1n) is 10.0. The van der Waals surface area contributed by atoms with E-state index in [9.17, 15) is 13.2 Å². The van der Waals surface area contributed by atoms with Gasteiger partial charge in [-0.1, -0.05) is 12.1 Å². The highest BCUT2D eigenvalue weighted by Gasteiger charge is 2.34. The van der Waals surface area contributed by atoms with Gasteiger partial charge in [-0.05, 0) is 37.5 Å². The van der Waals surface area contributed by atoms with Crippen molar-refractivity contribution in [3.63, 3.8) is 0 Å². The van der Waals surface area contributed by atoms with E-state index in [1.165, 1.54) is 10.6 Å². The Morgan fingerprint density at radius 2 is 1.93 bits per heavy atom. The molecule has 0 bridgehead atoms. The zero-order valence-electron chi connectivity index (χ0n) is 17.5. The largest absolute Gasteiger partial charge is 0.497 e. The van der Waals surface area contributed by atoms with E-state index >= 15 is 0 Å². The quantitative estimate of drug-likeness (QED) is 0.721. The molecule has 0 aliphatic carbocycles. The number of ether oxygens (including phenoxy) is 1. The van der Waals surface area contributed by atoms with E-state index in [-0.39, 0.29) is 18.2 Å². The molecule has 1 atom stereocenters. The van der Waals surface area contributed by atoms with E-state index in [1.54, 1.807) is 12.0 Å². The van der Waals surface area contributed by atoms with Gasteiger partial charge in [0.1, 0.15) is 17.4 Å². The minimum absolute atomic E-state index is 0.00299. The van der Waals surface area contributed by atoms with Crippen LogP contribution in [0.2, 0.25) is 0 Å². The van der Waals surface area contributed by atoms with Gasteiger partial charge in [0.25, 0.3) is 0 Å². The maximum Gasteiger partial charge on any atom is 0.233 e. The Bertz CT molecular complexity index is 1070. The van der Waals surface area contributed by atoms with Crippen LogP contribution in [0.5, 0.6) is 5.75 Å². The summed E-state index contributed by atoms with van der Waals surface area (Å²) >= 11 is 0. The molecule has 160 valence electrons. The molecule has 1 aromatic heterocycles. The van der Waals surface area contributed by atoms with Crippen molar-refractivity contribution in [2.45, 2.75) is 38.6 Å². The maximum absolute atomic E-state index is 12.7. The minimum atomic E-state index is -3.25. The fourth-order valence-electron chi connectivity index (χ4n) is 4.11. The molecule has 0 unspecified atom stereocenters. The van der Waals surface area contributed by atoms with Gasteiger partial charge in [0.05, 0.1) is 26.3 Å². The van der Waals surface area contributed by atoms with Crippen molar-refractivity contribution >= 4 is 21.7 Å². The van der Waals surface area contributed by atoms with Crippen molar-refractivity contribution in [2.24, 2.45) is 0 Å². The summed E-state index contributed by atoms with van der Waals surface area (Å²) in [4.78, 5) is 23.8. The number of methoxy groups -OCH3 is 1. The Morgan fingerprint density at radius 1 is 1.20 bits per heavy atom. The van der Waals surface area contributed by atoms with Crippen molar-refractivity contribution in [2.75, 3.05) is 31.4 Å². The fraction of sp³-hybridized carbons (Fsp3) is 0.476. The number of aromatic nitrogens is 2. The Balaban J connectivity index is 1.63. The average Bonchev–Trinajstić information content (AvgIpc) is 3.04. The summed E-state index contributed by atoms with van der Waals surface area (Å²) in [5, 5.41) is 0. The minimum Gasteiger partial charge on any atom is -0.497 e. The van der Waals surface area contributed by atoms with Crippen LogP contribution in [-0.4, -0.2) is 55.1 Å². The van der Waals surface area contributed by atoms with E-state index < -0.39 is 10.0 Å². The molecule has 1 fully saturated rings. The number of rotatable bonds is 5. The summed E-state index contributed by atoms with van der Waals surface area (Å²) in [7, 11) is -1.63. The molecule has 2 aliphatic rings. The molecule has 0 N–H and O–H groups in total. The first kappa shape index (κ1) is 20.7. The molecule has 1 aromatic carbocycles. The van der Waals surface area contributed by atoms with Crippen LogP contribution < -0.4 is 9.64 Å². The van der Waals surface area contributed by atoms with Crippen molar-refractivity contribution in [3.05, 3.63) is 46.9 Å². The van der Waals surface area contributed by atoms with Gasteiger partial charge in [0.2, 0.25) is 15.9 Å². The lowest BCUT2D eigenvalue weighted by Gasteiger charge is -2.30. The third kappa shape index (κ3) is 4.04. The molecule has 0 saturated carbocycles. The summed E-state index contributed by atoms with van der Waals surface area (Å²) in [5.41, 5.74) is 2.63. The second-order valence-electron chi connectivity index (χ2n) is 7.93. The number of amides is 1. The molecular formula is C21H26N4O4S. The normalized spacial score (nSPS) is 19.8. The average molecular weight is 431 g/mol. The third-order valence-corrected chi connectivity index (χ3v) is 7.08. The van der Waals surface area contributed by atoms with Crippen LogP contribution in [0, 0.1) is 6.92 Å². The van der Waals surface area contributed by atoms with E-state index in [0.717, 1.165) is 35.4 Å².